The molecule has 2 aromatic rings. The number of carbonyl (C=O) groups excluding carboxylic acids is 1. The van der Waals surface area contributed by atoms with Gasteiger partial charge in [-0.25, -0.2) is 8.42 Å². The average Bonchev–Trinajstić information content (AvgIpc) is 3.14. The van der Waals surface area contributed by atoms with Gasteiger partial charge in [0.2, 0.25) is 5.91 Å². The molecule has 0 spiro atoms. The van der Waals surface area contributed by atoms with Crippen molar-refractivity contribution in [2.75, 3.05) is 18.6 Å². The van der Waals surface area contributed by atoms with Crippen LogP contribution in [0.2, 0.25) is 0 Å². The highest BCUT2D eigenvalue weighted by molar-refractivity contribution is 7.91. The molecule has 1 aliphatic heterocycles. The first-order chi connectivity index (χ1) is 11.4. The molecular weight excluding hydrogens is 330 g/mol. The third kappa shape index (κ3) is 4.00. The van der Waals surface area contributed by atoms with E-state index in [1.165, 1.54) is 0 Å². The summed E-state index contributed by atoms with van der Waals surface area (Å²) in [5, 5.41) is 3.99. The van der Waals surface area contributed by atoms with Gasteiger partial charge < -0.3 is 9.42 Å². The first-order valence-corrected chi connectivity index (χ1v) is 9.55. The number of carbonyl (C=O) groups is 1. The molecule has 128 valence electrons. The summed E-state index contributed by atoms with van der Waals surface area (Å²) < 4.78 is 28.2. The molecule has 7 nitrogen and oxygen atoms in total. The average molecular weight is 349 g/mol. The largest absolute Gasteiger partial charge is 0.359 e. The minimum absolute atomic E-state index is 0.0781. The standard InChI is InChI=1S/C16H19N3O4S/c1-19(16(20)7-12-4-6-24(21,22)11-12)10-14-8-15(18-23-14)13-3-2-5-17-9-13/h2-3,5,8-9,12H,4,6-7,10-11H2,1H3/t12-/m1/s1. The lowest BCUT2D eigenvalue weighted by molar-refractivity contribution is -0.131. The Morgan fingerprint density at radius 2 is 2.29 bits per heavy atom. The van der Waals surface area contributed by atoms with E-state index in [4.69, 9.17) is 4.52 Å². The van der Waals surface area contributed by atoms with Crippen LogP contribution in [0.25, 0.3) is 11.3 Å². The number of sulfone groups is 1. The van der Waals surface area contributed by atoms with Crippen LogP contribution < -0.4 is 0 Å². The molecule has 2 aromatic heterocycles. The van der Waals surface area contributed by atoms with Crippen LogP contribution in [0.5, 0.6) is 0 Å². The molecule has 24 heavy (non-hydrogen) atoms. The maximum Gasteiger partial charge on any atom is 0.223 e. The molecule has 0 radical (unpaired) electrons. The van der Waals surface area contributed by atoms with Gasteiger partial charge in [0.25, 0.3) is 0 Å². The lowest BCUT2D eigenvalue weighted by Gasteiger charge is -2.17. The second kappa shape index (κ2) is 6.72. The SMILES string of the molecule is CN(Cc1cc(-c2cccnc2)no1)C(=O)C[C@H]1CCS(=O)(=O)C1. The number of aromatic nitrogens is 2. The van der Waals surface area contributed by atoms with E-state index in [2.05, 4.69) is 10.1 Å². The molecule has 1 amide bonds. The van der Waals surface area contributed by atoms with Gasteiger partial charge in [0, 0.05) is 37.5 Å². The molecule has 0 aromatic carbocycles. The summed E-state index contributed by atoms with van der Waals surface area (Å²) in [6.07, 6.45) is 4.19. The lowest BCUT2D eigenvalue weighted by atomic mass is 10.0. The maximum absolute atomic E-state index is 12.3. The van der Waals surface area contributed by atoms with Crippen LogP contribution in [0.3, 0.4) is 0 Å². The van der Waals surface area contributed by atoms with Gasteiger partial charge in [0.05, 0.1) is 18.1 Å². The van der Waals surface area contributed by atoms with E-state index < -0.39 is 9.84 Å². The summed E-state index contributed by atoms with van der Waals surface area (Å²) in [6, 6.07) is 5.47. The Morgan fingerprint density at radius 1 is 1.46 bits per heavy atom. The summed E-state index contributed by atoms with van der Waals surface area (Å²) >= 11 is 0. The van der Waals surface area contributed by atoms with Crippen molar-refractivity contribution in [2.45, 2.75) is 19.4 Å². The van der Waals surface area contributed by atoms with Gasteiger partial charge in [-0.2, -0.15) is 0 Å². The third-order valence-electron chi connectivity index (χ3n) is 4.13. The van der Waals surface area contributed by atoms with Crippen molar-refractivity contribution in [3.63, 3.8) is 0 Å². The molecule has 1 saturated heterocycles. The molecule has 3 heterocycles. The molecule has 0 aliphatic carbocycles. The molecule has 1 fully saturated rings. The van der Waals surface area contributed by atoms with Crippen LogP contribution in [-0.2, 0) is 21.2 Å². The Hall–Kier alpha value is -2.22. The first-order valence-electron chi connectivity index (χ1n) is 7.73. The highest BCUT2D eigenvalue weighted by Gasteiger charge is 2.30. The van der Waals surface area contributed by atoms with Crippen molar-refractivity contribution in [3.8, 4) is 11.3 Å². The van der Waals surface area contributed by atoms with Crippen LogP contribution in [0, 0.1) is 5.92 Å². The molecule has 0 saturated carbocycles. The van der Waals surface area contributed by atoms with Crippen LogP contribution in [-0.4, -0.2) is 47.9 Å². The molecule has 1 aliphatic rings. The number of hydrogen-bond acceptors (Lipinski definition) is 6. The Labute approximate surface area is 140 Å². The van der Waals surface area contributed by atoms with Crippen LogP contribution >= 0.6 is 0 Å². The summed E-state index contributed by atoms with van der Waals surface area (Å²) in [4.78, 5) is 17.8. The van der Waals surface area contributed by atoms with E-state index in [1.54, 1.807) is 30.4 Å². The summed E-state index contributed by atoms with van der Waals surface area (Å²) in [5.41, 5.74) is 1.51. The maximum atomic E-state index is 12.3. The van der Waals surface area contributed by atoms with Gasteiger partial charge in [-0.05, 0) is 24.5 Å². The van der Waals surface area contributed by atoms with Gasteiger partial charge in [0.1, 0.15) is 5.69 Å². The predicted molar refractivity (Wildman–Crippen MR) is 87.6 cm³/mol. The highest BCUT2D eigenvalue weighted by Crippen LogP contribution is 2.23. The first kappa shape index (κ1) is 16.6. The number of hydrogen-bond donors (Lipinski definition) is 0. The predicted octanol–water partition coefficient (Wildman–Crippen LogP) is 1.52. The number of pyridine rings is 1. The van der Waals surface area contributed by atoms with E-state index in [0.29, 0.717) is 24.4 Å². The van der Waals surface area contributed by atoms with Gasteiger partial charge in [-0.3, -0.25) is 9.78 Å². The second-order valence-corrected chi connectivity index (χ2v) is 8.37. The number of amides is 1. The minimum Gasteiger partial charge on any atom is -0.359 e. The van der Waals surface area contributed by atoms with Crippen LogP contribution in [0.15, 0.2) is 35.1 Å². The van der Waals surface area contributed by atoms with Gasteiger partial charge >= 0.3 is 0 Å². The third-order valence-corrected chi connectivity index (χ3v) is 5.96. The molecule has 0 bridgehead atoms. The molecule has 0 unspecified atom stereocenters. The topological polar surface area (TPSA) is 93.4 Å². The van der Waals surface area contributed by atoms with Crippen molar-refractivity contribution < 1.29 is 17.7 Å². The molecule has 1 atom stereocenters. The zero-order chi connectivity index (χ0) is 17.2. The fourth-order valence-electron chi connectivity index (χ4n) is 2.80. The Bertz CT molecular complexity index is 817. The zero-order valence-electron chi connectivity index (χ0n) is 13.4. The van der Waals surface area contributed by atoms with Crippen molar-refractivity contribution in [3.05, 3.63) is 36.4 Å². The molecule has 8 heteroatoms. The Morgan fingerprint density at radius 3 is 2.96 bits per heavy atom. The van der Waals surface area contributed by atoms with Crippen molar-refractivity contribution in [1.82, 2.24) is 15.0 Å². The van der Waals surface area contributed by atoms with Crippen molar-refractivity contribution >= 4 is 15.7 Å². The fraction of sp³-hybridized carbons (Fsp3) is 0.438. The van der Waals surface area contributed by atoms with Crippen molar-refractivity contribution in [2.24, 2.45) is 5.92 Å². The van der Waals surface area contributed by atoms with E-state index in [9.17, 15) is 13.2 Å². The molecule has 0 N–H and O–H groups in total. The lowest BCUT2D eigenvalue weighted by Crippen LogP contribution is -2.28. The van der Waals surface area contributed by atoms with Gasteiger partial charge in [-0.15, -0.1) is 0 Å². The monoisotopic (exact) mass is 349 g/mol. The molecule has 3 rings (SSSR count). The molecular formula is C16H19N3O4S. The van der Waals surface area contributed by atoms with Gasteiger partial charge in [0.15, 0.2) is 15.6 Å². The minimum atomic E-state index is -2.96. The Kier molecular flexibility index (Phi) is 4.66. The smallest absolute Gasteiger partial charge is 0.223 e. The zero-order valence-corrected chi connectivity index (χ0v) is 14.2. The van der Waals surface area contributed by atoms with E-state index in [1.807, 2.05) is 12.1 Å². The second-order valence-electron chi connectivity index (χ2n) is 6.14. The number of nitrogens with zero attached hydrogens (tertiary/aromatic N) is 3. The van der Waals surface area contributed by atoms with E-state index in [-0.39, 0.29) is 29.8 Å². The van der Waals surface area contributed by atoms with E-state index in [0.717, 1.165) is 5.56 Å². The summed E-state index contributed by atoms with van der Waals surface area (Å²) in [5.74, 6) is 0.705. The summed E-state index contributed by atoms with van der Waals surface area (Å²) in [7, 11) is -1.28. The number of rotatable bonds is 5. The van der Waals surface area contributed by atoms with E-state index >= 15 is 0 Å². The Balaban J connectivity index is 1.58. The summed E-state index contributed by atoms with van der Waals surface area (Å²) in [6.45, 7) is 0.297. The highest BCUT2D eigenvalue weighted by atomic mass is 32.2. The van der Waals surface area contributed by atoms with Crippen LogP contribution in [0.1, 0.15) is 18.6 Å². The normalized spacial score (nSPS) is 19.3. The quantitative estimate of drug-likeness (QED) is 0.812. The van der Waals surface area contributed by atoms with Crippen LogP contribution in [0.4, 0.5) is 0 Å². The van der Waals surface area contributed by atoms with Gasteiger partial charge in [-0.1, -0.05) is 5.16 Å². The fourth-order valence-corrected chi connectivity index (χ4v) is 4.66. The van der Waals surface area contributed by atoms with Crippen molar-refractivity contribution in [1.29, 1.82) is 0 Å².